The molecular formula is C13H26IN7. The molecule has 0 radical (unpaired) electrons. The zero-order chi connectivity index (χ0) is 14.4. The first kappa shape index (κ1) is 18.1. The Balaban J connectivity index is 0.00000220. The standard InChI is InChI=1S/C13H25N7.HI/c1-3-19-7-5-6-11(19)8-15-13(14)16-9-12-18-17-10-20(12)4-2;/h10-11H,3-9H2,1-2H3,(H3,14,15,16);1H. The van der Waals surface area contributed by atoms with Gasteiger partial charge in [-0.25, -0.2) is 4.99 Å². The predicted molar refractivity (Wildman–Crippen MR) is 94.7 cm³/mol. The van der Waals surface area contributed by atoms with E-state index in [1.807, 2.05) is 4.57 Å². The maximum atomic E-state index is 5.91. The Morgan fingerprint density at radius 3 is 3.00 bits per heavy atom. The second-order valence-electron chi connectivity index (χ2n) is 5.04. The van der Waals surface area contributed by atoms with Gasteiger partial charge in [-0.1, -0.05) is 6.92 Å². The van der Waals surface area contributed by atoms with Gasteiger partial charge in [0.05, 0.1) is 0 Å². The highest BCUT2D eigenvalue weighted by Crippen LogP contribution is 2.15. The van der Waals surface area contributed by atoms with Gasteiger partial charge in [-0.3, -0.25) is 4.90 Å². The average Bonchev–Trinajstić information content (AvgIpc) is 3.10. The van der Waals surface area contributed by atoms with Crippen LogP contribution in [-0.4, -0.2) is 51.3 Å². The molecule has 1 aromatic rings. The van der Waals surface area contributed by atoms with E-state index in [-0.39, 0.29) is 24.0 Å². The fraction of sp³-hybridized carbons (Fsp3) is 0.769. The van der Waals surface area contributed by atoms with Gasteiger partial charge in [0.25, 0.3) is 0 Å². The van der Waals surface area contributed by atoms with Crippen molar-refractivity contribution in [3.8, 4) is 0 Å². The van der Waals surface area contributed by atoms with Crippen molar-refractivity contribution in [3.63, 3.8) is 0 Å². The molecule has 0 spiro atoms. The van der Waals surface area contributed by atoms with Crippen molar-refractivity contribution in [2.75, 3.05) is 19.6 Å². The van der Waals surface area contributed by atoms with Gasteiger partial charge in [-0.15, -0.1) is 34.2 Å². The Morgan fingerprint density at radius 1 is 1.48 bits per heavy atom. The fourth-order valence-electron chi connectivity index (χ4n) is 2.64. The molecule has 1 saturated heterocycles. The molecule has 0 bridgehead atoms. The van der Waals surface area contributed by atoms with Crippen molar-refractivity contribution in [1.29, 1.82) is 0 Å². The summed E-state index contributed by atoms with van der Waals surface area (Å²) in [4.78, 5) is 6.81. The van der Waals surface area contributed by atoms with Gasteiger partial charge in [-0.05, 0) is 32.9 Å². The molecule has 0 amide bonds. The molecule has 1 unspecified atom stereocenters. The van der Waals surface area contributed by atoms with E-state index in [4.69, 9.17) is 5.73 Å². The van der Waals surface area contributed by atoms with Crippen LogP contribution in [0.25, 0.3) is 0 Å². The summed E-state index contributed by atoms with van der Waals surface area (Å²) in [5.74, 6) is 1.33. The largest absolute Gasteiger partial charge is 0.370 e. The number of nitrogens with zero attached hydrogens (tertiary/aromatic N) is 5. The minimum Gasteiger partial charge on any atom is -0.370 e. The van der Waals surface area contributed by atoms with Crippen LogP contribution in [0.5, 0.6) is 0 Å². The summed E-state index contributed by atoms with van der Waals surface area (Å²) in [6.07, 6.45) is 4.22. The van der Waals surface area contributed by atoms with E-state index in [0.29, 0.717) is 18.5 Å². The third-order valence-electron chi connectivity index (χ3n) is 3.85. The van der Waals surface area contributed by atoms with Gasteiger partial charge < -0.3 is 15.6 Å². The van der Waals surface area contributed by atoms with Crippen LogP contribution in [-0.2, 0) is 13.1 Å². The summed E-state index contributed by atoms with van der Waals surface area (Å²) >= 11 is 0. The second-order valence-corrected chi connectivity index (χ2v) is 5.04. The van der Waals surface area contributed by atoms with Crippen molar-refractivity contribution in [2.24, 2.45) is 10.7 Å². The van der Waals surface area contributed by atoms with E-state index < -0.39 is 0 Å². The summed E-state index contributed by atoms with van der Waals surface area (Å²) in [5.41, 5.74) is 5.91. The van der Waals surface area contributed by atoms with E-state index in [9.17, 15) is 0 Å². The molecule has 120 valence electrons. The molecule has 0 aromatic carbocycles. The summed E-state index contributed by atoms with van der Waals surface area (Å²) in [5, 5.41) is 11.1. The molecule has 1 aromatic heterocycles. The lowest BCUT2D eigenvalue weighted by Gasteiger charge is -2.23. The molecule has 1 fully saturated rings. The van der Waals surface area contributed by atoms with Gasteiger partial charge in [0.15, 0.2) is 11.8 Å². The Bertz CT molecular complexity index is 445. The lowest BCUT2D eigenvalue weighted by molar-refractivity contribution is 0.267. The van der Waals surface area contributed by atoms with Crippen LogP contribution in [0.1, 0.15) is 32.5 Å². The summed E-state index contributed by atoms with van der Waals surface area (Å²) in [6.45, 7) is 8.73. The smallest absolute Gasteiger partial charge is 0.189 e. The number of rotatable bonds is 6. The van der Waals surface area contributed by atoms with Crippen molar-refractivity contribution in [1.82, 2.24) is 25.0 Å². The van der Waals surface area contributed by atoms with E-state index in [1.54, 1.807) is 6.33 Å². The number of nitrogens with two attached hydrogens (primary N) is 1. The van der Waals surface area contributed by atoms with Gasteiger partial charge in [0, 0.05) is 19.1 Å². The SMILES string of the molecule is CCN1CCCC1CNC(N)=NCc1nncn1CC.I. The highest BCUT2D eigenvalue weighted by atomic mass is 127. The van der Waals surface area contributed by atoms with E-state index in [0.717, 1.165) is 25.5 Å². The van der Waals surface area contributed by atoms with E-state index in [1.165, 1.54) is 19.4 Å². The predicted octanol–water partition coefficient (Wildman–Crippen LogP) is 0.805. The highest BCUT2D eigenvalue weighted by Gasteiger charge is 2.22. The van der Waals surface area contributed by atoms with Crippen LogP contribution in [0.3, 0.4) is 0 Å². The zero-order valence-electron chi connectivity index (χ0n) is 12.8. The number of aromatic nitrogens is 3. The number of likely N-dealkylation sites (tertiary alicyclic amines) is 1. The minimum atomic E-state index is 0. The molecule has 1 aliphatic heterocycles. The monoisotopic (exact) mass is 407 g/mol. The average molecular weight is 407 g/mol. The van der Waals surface area contributed by atoms with Gasteiger partial charge in [0.1, 0.15) is 12.9 Å². The molecule has 0 saturated carbocycles. The lowest BCUT2D eigenvalue weighted by atomic mass is 10.2. The van der Waals surface area contributed by atoms with Crippen molar-refractivity contribution < 1.29 is 0 Å². The second kappa shape index (κ2) is 9.19. The summed E-state index contributed by atoms with van der Waals surface area (Å²) < 4.78 is 1.96. The molecule has 8 heteroatoms. The first-order valence-corrected chi connectivity index (χ1v) is 7.39. The van der Waals surface area contributed by atoms with Crippen molar-refractivity contribution in [2.45, 2.75) is 45.8 Å². The summed E-state index contributed by atoms with van der Waals surface area (Å²) in [6, 6.07) is 0.577. The fourth-order valence-corrected chi connectivity index (χ4v) is 2.64. The third kappa shape index (κ3) is 5.10. The van der Waals surface area contributed by atoms with Gasteiger partial charge in [-0.2, -0.15) is 0 Å². The van der Waals surface area contributed by atoms with Crippen LogP contribution < -0.4 is 11.1 Å². The molecule has 2 heterocycles. The van der Waals surface area contributed by atoms with Crippen LogP contribution in [0.2, 0.25) is 0 Å². The third-order valence-corrected chi connectivity index (χ3v) is 3.85. The maximum Gasteiger partial charge on any atom is 0.189 e. The Labute approximate surface area is 143 Å². The topological polar surface area (TPSA) is 84.4 Å². The number of nitrogens with one attached hydrogen (secondary N) is 1. The first-order chi connectivity index (χ1) is 9.74. The number of likely N-dealkylation sites (N-methyl/N-ethyl adjacent to an activating group) is 1. The number of halogens is 1. The summed E-state index contributed by atoms with van der Waals surface area (Å²) in [7, 11) is 0. The number of hydrogen-bond acceptors (Lipinski definition) is 4. The molecule has 21 heavy (non-hydrogen) atoms. The number of aliphatic imine (C=N–C) groups is 1. The van der Waals surface area contributed by atoms with Crippen LogP contribution in [0.15, 0.2) is 11.3 Å². The van der Waals surface area contributed by atoms with Crippen LogP contribution in [0, 0.1) is 0 Å². The first-order valence-electron chi connectivity index (χ1n) is 7.39. The molecule has 1 atom stereocenters. The van der Waals surface area contributed by atoms with Crippen molar-refractivity contribution in [3.05, 3.63) is 12.2 Å². The lowest BCUT2D eigenvalue weighted by Crippen LogP contribution is -2.42. The van der Waals surface area contributed by atoms with Gasteiger partial charge >= 0.3 is 0 Å². The van der Waals surface area contributed by atoms with Crippen molar-refractivity contribution >= 4 is 29.9 Å². The number of guanidine groups is 1. The minimum absolute atomic E-state index is 0. The van der Waals surface area contributed by atoms with E-state index in [2.05, 4.69) is 39.3 Å². The molecule has 0 aliphatic carbocycles. The Morgan fingerprint density at radius 2 is 2.29 bits per heavy atom. The quantitative estimate of drug-likeness (QED) is 0.414. The number of aryl methyl sites for hydroxylation is 1. The van der Waals surface area contributed by atoms with Crippen LogP contribution >= 0.6 is 24.0 Å². The van der Waals surface area contributed by atoms with Gasteiger partial charge in [0.2, 0.25) is 0 Å². The Kier molecular flexibility index (Phi) is 7.94. The maximum absolute atomic E-state index is 5.91. The van der Waals surface area contributed by atoms with E-state index >= 15 is 0 Å². The number of hydrogen-bond donors (Lipinski definition) is 2. The zero-order valence-corrected chi connectivity index (χ0v) is 15.2. The molecule has 7 nitrogen and oxygen atoms in total. The molecule has 2 rings (SSSR count). The normalized spacial score (nSPS) is 19.5. The van der Waals surface area contributed by atoms with Crippen LogP contribution in [0.4, 0.5) is 0 Å². The molecule has 3 N–H and O–H groups in total. The molecular weight excluding hydrogens is 381 g/mol. The highest BCUT2D eigenvalue weighted by molar-refractivity contribution is 14.0. The molecule has 1 aliphatic rings. The Hall–Kier alpha value is -0.900.